The first kappa shape index (κ1) is 11.9. The molecule has 0 aromatic heterocycles. The lowest BCUT2D eigenvalue weighted by atomic mass is 10.1. The van der Waals surface area contributed by atoms with Gasteiger partial charge in [0.1, 0.15) is 12.4 Å². The molecule has 1 heterocycles. The summed E-state index contributed by atoms with van der Waals surface area (Å²) in [5, 5.41) is 11.9. The average molecular weight is 235 g/mol. The Balaban J connectivity index is 1.73. The first-order chi connectivity index (χ1) is 8.27. The minimum absolute atomic E-state index is 0.246. The van der Waals surface area contributed by atoms with Gasteiger partial charge in [-0.15, -0.1) is 0 Å². The van der Waals surface area contributed by atoms with Crippen molar-refractivity contribution in [1.29, 1.82) is 0 Å². The number of carboxylic acid groups (broad SMARTS) is 1. The Kier molecular flexibility index (Phi) is 3.98. The van der Waals surface area contributed by atoms with Crippen molar-refractivity contribution in [1.82, 2.24) is 5.32 Å². The molecule has 0 amide bonds. The quantitative estimate of drug-likeness (QED) is 0.740. The van der Waals surface area contributed by atoms with Crippen LogP contribution in [-0.2, 0) is 4.79 Å². The number of aliphatic carboxylic acids is 1. The highest BCUT2D eigenvalue weighted by Gasteiger charge is 2.22. The summed E-state index contributed by atoms with van der Waals surface area (Å²) in [5.41, 5.74) is 1.20. The van der Waals surface area contributed by atoms with Gasteiger partial charge in [0.25, 0.3) is 0 Å². The summed E-state index contributed by atoms with van der Waals surface area (Å²) in [5.74, 6) is 0.232. The van der Waals surface area contributed by atoms with Crippen LogP contribution in [0.2, 0.25) is 0 Å². The van der Waals surface area contributed by atoms with Crippen LogP contribution >= 0.6 is 0 Å². The number of fused-ring (bicyclic) bond motifs is 1. The number of nitrogens with one attached hydrogen (secondary N) is 1. The van der Waals surface area contributed by atoms with Crippen LogP contribution in [0.25, 0.3) is 0 Å². The molecule has 0 radical (unpaired) electrons. The van der Waals surface area contributed by atoms with E-state index in [4.69, 9.17) is 9.84 Å². The molecule has 0 saturated carbocycles. The molecule has 1 aliphatic rings. The van der Waals surface area contributed by atoms with E-state index in [0.29, 0.717) is 6.61 Å². The summed E-state index contributed by atoms with van der Waals surface area (Å²) in [6, 6.07) is 8.26. The van der Waals surface area contributed by atoms with Crippen molar-refractivity contribution in [2.45, 2.75) is 25.3 Å². The number of rotatable bonds is 6. The van der Waals surface area contributed by atoms with Gasteiger partial charge in [-0.3, -0.25) is 4.79 Å². The molecule has 4 nitrogen and oxygen atoms in total. The average Bonchev–Trinajstić information content (AvgIpc) is 2.72. The lowest BCUT2D eigenvalue weighted by Crippen LogP contribution is -2.23. The third-order valence-corrected chi connectivity index (χ3v) is 2.91. The van der Waals surface area contributed by atoms with Crippen molar-refractivity contribution in [3.63, 3.8) is 0 Å². The second kappa shape index (κ2) is 5.68. The van der Waals surface area contributed by atoms with Crippen LogP contribution < -0.4 is 10.1 Å². The van der Waals surface area contributed by atoms with E-state index < -0.39 is 5.97 Å². The van der Waals surface area contributed by atoms with Crippen molar-refractivity contribution in [3.8, 4) is 5.75 Å². The first-order valence-electron chi connectivity index (χ1n) is 5.94. The molecule has 1 atom stereocenters. The number of ether oxygens (including phenoxy) is 1. The number of carbonyl (C=O) groups is 1. The Morgan fingerprint density at radius 1 is 1.41 bits per heavy atom. The van der Waals surface area contributed by atoms with E-state index >= 15 is 0 Å². The summed E-state index contributed by atoms with van der Waals surface area (Å²) in [6.45, 7) is 1.49. The molecule has 0 fully saturated rings. The Bertz CT molecular complexity index is 392. The predicted molar refractivity (Wildman–Crippen MR) is 64.2 cm³/mol. The van der Waals surface area contributed by atoms with E-state index in [2.05, 4.69) is 11.4 Å². The van der Waals surface area contributed by atoms with Crippen molar-refractivity contribution >= 4 is 5.97 Å². The molecule has 2 rings (SSSR count). The van der Waals surface area contributed by atoms with Gasteiger partial charge < -0.3 is 15.2 Å². The van der Waals surface area contributed by atoms with Gasteiger partial charge in [-0.25, -0.2) is 0 Å². The standard InChI is InChI=1S/C13H17NO3/c15-13(16)7-3-4-8-14-11-9-17-12-6-2-1-5-10(11)12/h1-2,5-6,11,14H,3-4,7-9H2,(H,15,16). The minimum atomic E-state index is -0.723. The SMILES string of the molecule is O=C(O)CCCCNC1COc2ccccc21. The molecule has 1 aromatic rings. The maximum absolute atomic E-state index is 10.3. The molecular formula is C13H17NO3. The van der Waals surface area contributed by atoms with Crippen LogP contribution in [0.4, 0.5) is 0 Å². The van der Waals surface area contributed by atoms with E-state index in [9.17, 15) is 4.79 Å². The number of hydrogen-bond acceptors (Lipinski definition) is 3. The van der Waals surface area contributed by atoms with E-state index in [0.717, 1.165) is 25.1 Å². The molecule has 1 aliphatic heterocycles. The summed E-state index contributed by atoms with van der Waals surface area (Å²) in [7, 11) is 0. The Morgan fingerprint density at radius 2 is 2.24 bits per heavy atom. The second-order valence-electron chi connectivity index (χ2n) is 4.21. The Hall–Kier alpha value is -1.55. The molecule has 2 N–H and O–H groups in total. The monoisotopic (exact) mass is 235 g/mol. The lowest BCUT2D eigenvalue weighted by Gasteiger charge is -2.10. The zero-order valence-electron chi connectivity index (χ0n) is 9.69. The fourth-order valence-electron chi connectivity index (χ4n) is 2.01. The number of benzene rings is 1. The second-order valence-corrected chi connectivity index (χ2v) is 4.21. The number of carboxylic acids is 1. The molecule has 92 valence electrons. The van der Waals surface area contributed by atoms with Crippen LogP contribution in [-0.4, -0.2) is 24.2 Å². The molecule has 0 spiro atoms. The maximum atomic E-state index is 10.3. The largest absolute Gasteiger partial charge is 0.491 e. The fourth-order valence-corrected chi connectivity index (χ4v) is 2.01. The number of hydrogen-bond donors (Lipinski definition) is 2. The van der Waals surface area contributed by atoms with Gasteiger partial charge in [0, 0.05) is 12.0 Å². The van der Waals surface area contributed by atoms with E-state index in [-0.39, 0.29) is 12.5 Å². The highest BCUT2D eigenvalue weighted by molar-refractivity contribution is 5.66. The third-order valence-electron chi connectivity index (χ3n) is 2.91. The smallest absolute Gasteiger partial charge is 0.303 e. The van der Waals surface area contributed by atoms with Crippen molar-refractivity contribution in [2.75, 3.05) is 13.2 Å². The zero-order chi connectivity index (χ0) is 12.1. The van der Waals surface area contributed by atoms with E-state index in [1.807, 2.05) is 18.2 Å². The zero-order valence-corrected chi connectivity index (χ0v) is 9.69. The summed E-state index contributed by atoms with van der Waals surface area (Å²) in [4.78, 5) is 10.3. The number of unbranched alkanes of at least 4 members (excludes halogenated alkanes) is 1. The summed E-state index contributed by atoms with van der Waals surface area (Å²) in [6.07, 6.45) is 1.85. The summed E-state index contributed by atoms with van der Waals surface area (Å²) >= 11 is 0. The van der Waals surface area contributed by atoms with Crippen LogP contribution in [0.1, 0.15) is 30.9 Å². The van der Waals surface area contributed by atoms with Crippen LogP contribution in [0.15, 0.2) is 24.3 Å². The highest BCUT2D eigenvalue weighted by atomic mass is 16.5. The van der Waals surface area contributed by atoms with Gasteiger partial charge in [0.05, 0.1) is 6.04 Å². The third kappa shape index (κ3) is 3.20. The topological polar surface area (TPSA) is 58.6 Å². The van der Waals surface area contributed by atoms with Gasteiger partial charge in [0.15, 0.2) is 0 Å². The molecule has 0 saturated heterocycles. The molecule has 1 unspecified atom stereocenters. The molecule has 1 aromatic carbocycles. The van der Waals surface area contributed by atoms with Crippen molar-refractivity contribution < 1.29 is 14.6 Å². The first-order valence-corrected chi connectivity index (χ1v) is 5.94. The Morgan fingerprint density at radius 3 is 3.06 bits per heavy atom. The Labute approximate surface area is 101 Å². The molecule has 17 heavy (non-hydrogen) atoms. The molecule has 0 bridgehead atoms. The number of para-hydroxylation sites is 1. The van der Waals surface area contributed by atoms with E-state index in [1.165, 1.54) is 5.56 Å². The van der Waals surface area contributed by atoms with Gasteiger partial charge in [0.2, 0.25) is 0 Å². The lowest BCUT2D eigenvalue weighted by molar-refractivity contribution is -0.137. The van der Waals surface area contributed by atoms with Crippen molar-refractivity contribution in [3.05, 3.63) is 29.8 Å². The van der Waals surface area contributed by atoms with Crippen LogP contribution in [0.3, 0.4) is 0 Å². The normalized spacial score (nSPS) is 17.5. The summed E-state index contributed by atoms with van der Waals surface area (Å²) < 4.78 is 5.55. The van der Waals surface area contributed by atoms with Crippen molar-refractivity contribution in [2.24, 2.45) is 0 Å². The van der Waals surface area contributed by atoms with Gasteiger partial charge in [-0.1, -0.05) is 18.2 Å². The van der Waals surface area contributed by atoms with E-state index in [1.54, 1.807) is 0 Å². The minimum Gasteiger partial charge on any atom is -0.491 e. The van der Waals surface area contributed by atoms with Crippen LogP contribution in [0.5, 0.6) is 5.75 Å². The maximum Gasteiger partial charge on any atom is 0.303 e. The predicted octanol–water partition coefficient (Wildman–Crippen LogP) is 1.96. The highest BCUT2D eigenvalue weighted by Crippen LogP contribution is 2.31. The van der Waals surface area contributed by atoms with Gasteiger partial charge in [-0.2, -0.15) is 0 Å². The molecular weight excluding hydrogens is 218 g/mol. The molecule has 0 aliphatic carbocycles. The van der Waals surface area contributed by atoms with Gasteiger partial charge in [-0.05, 0) is 25.5 Å². The molecule has 4 heteroatoms. The van der Waals surface area contributed by atoms with Crippen LogP contribution in [0, 0.1) is 0 Å². The van der Waals surface area contributed by atoms with Gasteiger partial charge >= 0.3 is 5.97 Å². The fraction of sp³-hybridized carbons (Fsp3) is 0.462.